The molecule has 0 aliphatic heterocycles. The minimum atomic E-state index is -2.46. The second kappa shape index (κ2) is 4.65. The van der Waals surface area contributed by atoms with Crippen LogP contribution in [-0.2, 0) is 9.53 Å². The SMILES string of the molecule is NC1(C(=O)NCCOCC(F)F)CC1. The molecule has 6 heteroatoms. The maximum atomic E-state index is 11.6. The molecule has 1 saturated carbocycles. The molecule has 0 spiro atoms. The van der Waals surface area contributed by atoms with Crippen molar-refractivity contribution in [3.63, 3.8) is 0 Å². The lowest BCUT2D eigenvalue weighted by molar-refractivity contribution is -0.123. The Morgan fingerprint density at radius 1 is 1.57 bits per heavy atom. The van der Waals surface area contributed by atoms with Crippen LogP contribution < -0.4 is 11.1 Å². The van der Waals surface area contributed by atoms with Gasteiger partial charge >= 0.3 is 0 Å². The second-order valence-electron chi connectivity index (χ2n) is 3.38. The highest BCUT2D eigenvalue weighted by Crippen LogP contribution is 2.31. The number of carbonyl (C=O) groups excluding carboxylic acids is 1. The molecular weight excluding hydrogens is 194 g/mol. The van der Waals surface area contributed by atoms with Crippen molar-refractivity contribution in [3.05, 3.63) is 0 Å². The summed E-state index contributed by atoms with van der Waals surface area (Å²) in [6, 6.07) is 0. The average Bonchev–Trinajstić information content (AvgIpc) is 2.83. The normalized spacial score (nSPS) is 18.3. The topological polar surface area (TPSA) is 64.4 Å². The van der Waals surface area contributed by atoms with E-state index >= 15 is 0 Å². The molecule has 0 heterocycles. The van der Waals surface area contributed by atoms with Crippen LogP contribution in [-0.4, -0.2) is 37.6 Å². The predicted octanol–water partition coefficient (Wildman–Crippen LogP) is -0.124. The van der Waals surface area contributed by atoms with Crippen LogP contribution in [0.3, 0.4) is 0 Å². The summed E-state index contributed by atoms with van der Waals surface area (Å²) in [6.07, 6.45) is -1.08. The highest BCUT2D eigenvalue weighted by Gasteiger charge is 2.45. The first-order valence-electron chi connectivity index (χ1n) is 4.48. The van der Waals surface area contributed by atoms with Crippen LogP contribution in [0, 0.1) is 0 Å². The fourth-order valence-corrected chi connectivity index (χ4v) is 0.947. The van der Waals surface area contributed by atoms with Gasteiger partial charge in [-0.05, 0) is 12.8 Å². The van der Waals surface area contributed by atoms with Crippen LogP contribution >= 0.6 is 0 Å². The molecule has 0 unspecified atom stereocenters. The van der Waals surface area contributed by atoms with Gasteiger partial charge in [-0.2, -0.15) is 0 Å². The first-order valence-corrected chi connectivity index (χ1v) is 4.48. The number of rotatable bonds is 6. The summed E-state index contributed by atoms with van der Waals surface area (Å²) < 4.78 is 27.7. The molecule has 1 amide bonds. The van der Waals surface area contributed by atoms with Crippen molar-refractivity contribution in [2.75, 3.05) is 19.8 Å². The Labute approximate surface area is 80.8 Å². The van der Waals surface area contributed by atoms with Crippen LogP contribution in [0.15, 0.2) is 0 Å². The molecule has 1 rings (SSSR count). The van der Waals surface area contributed by atoms with Gasteiger partial charge in [-0.1, -0.05) is 0 Å². The zero-order chi connectivity index (χ0) is 10.6. The molecule has 82 valence electrons. The van der Waals surface area contributed by atoms with Crippen molar-refractivity contribution in [1.82, 2.24) is 5.32 Å². The zero-order valence-electron chi connectivity index (χ0n) is 7.76. The van der Waals surface area contributed by atoms with Crippen LogP contribution in [0.25, 0.3) is 0 Å². The van der Waals surface area contributed by atoms with Gasteiger partial charge in [-0.3, -0.25) is 4.79 Å². The Morgan fingerprint density at radius 3 is 2.71 bits per heavy atom. The Morgan fingerprint density at radius 2 is 2.21 bits per heavy atom. The summed E-state index contributed by atoms with van der Waals surface area (Å²) in [5, 5.41) is 2.53. The summed E-state index contributed by atoms with van der Waals surface area (Å²) in [4.78, 5) is 11.2. The molecule has 0 atom stereocenters. The van der Waals surface area contributed by atoms with Crippen molar-refractivity contribution in [2.24, 2.45) is 5.73 Å². The molecule has 1 aliphatic carbocycles. The number of halogens is 2. The predicted molar refractivity (Wildman–Crippen MR) is 46.0 cm³/mol. The molecular formula is C8H14F2N2O2. The van der Waals surface area contributed by atoms with Crippen LogP contribution in [0.1, 0.15) is 12.8 Å². The maximum absolute atomic E-state index is 11.6. The summed E-state index contributed by atoms with van der Waals surface area (Å²) in [7, 11) is 0. The lowest BCUT2D eigenvalue weighted by Crippen LogP contribution is -2.43. The van der Waals surface area contributed by atoms with E-state index in [2.05, 4.69) is 10.1 Å². The van der Waals surface area contributed by atoms with Gasteiger partial charge in [-0.25, -0.2) is 8.78 Å². The summed E-state index contributed by atoms with van der Waals surface area (Å²) in [5.74, 6) is -0.224. The maximum Gasteiger partial charge on any atom is 0.261 e. The first-order chi connectivity index (χ1) is 6.54. The minimum absolute atomic E-state index is 0.0894. The number of nitrogens with one attached hydrogen (secondary N) is 1. The number of amides is 1. The minimum Gasteiger partial charge on any atom is -0.374 e. The monoisotopic (exact) mass is 208 g/mol. The van der Waals surface area contributed by atoms with E-state index in [1.807, 2.05) is 0 Å². The van der Waals surface area contributed by atoms with Crippen molar-refractivity contribution >= 4 is 5.91 Å². The van der Waals surface area contributed by atoms with Crippen molar-refractivity contribution in [2.45, 2.75) is 24.8 Å². The third kappa shape index (κ3) is 3.55. The van der Waals surface area contributed by atoms with Gasteiger partial charge in [0, 0.05) is 6.54 Å². The van der Waals surface area contributed by atoms with Gasteiger partial charge in [0.25, 0.3) is 6.43 Å². The Hall–Kier alpha value is -0.750. The van der Waals surface area contributed by atoms with E-state index in [1.54, 1.807) is 0 Å². The average molecular weight is 208 g/mol. The molecule has 1 fully saturated rings. The molecule has 0 aromatic rings. The van der Waals surface area contributed by atoms with Crippen molar-refractivity contribution in [3.8, 4) is 0 Å². The highest BCUT2D eigenvalue weighted by atomic mass is 19.3. The highest BCUT2D eigenvalue weighted by molar-refractivity contribution is 5.88. The van der Waals surface area contributed by atoms with E-state index in [4.69, 9.17) is 5.73 Å². The van der Waals surface area contributed by atoms with Gasteiger partial charge < -0.3 is 15.8 Å². The van der Waals surface area contributed by atoms with Gasteiger partial charge in [0.05, 0.1) is 12.1 Å². The zero-order valence-corrected chi connectivity index (χ0v) is 7.76. The lowest BCUT2D eigenvalue weighted by atomic mass is 10.3. The summed E-state index contributed by atoms with van der Waals surface area (Å²) in [5.41, 5.74) is 4.87. The number of nitrogens with two attached hydrogens (primary N) is 1. The van der Waals surface area contributed by atoms with E-state index in [0.717, 1.165) is 0 Å². The molecule has 1 aliphatic rings. The quantitative estimate of drug-likeness (QED) is 0.598. The fraction of sp³-hybridized carbons (Fsp3) is 0.875. The summed E-state index contributed by atoms with van der Waals surface area (Å²) >= 11 is 0. The van der Waals surface area contributed by atoms with Crippen molar-refractivity contribution < 1.29 is 18.3 Å². The molecule has 0 saturated heterocycles. The number of alkyl halides is 2. The third-order valence-electron chi connectivity index (χ3n) is 2.02. The molecule has 0 bridgehead atoms. The fourth-order valence-electron chi connectivity index (χ4n) is 0.947. The molecule has 3 N–H and O–H groups in total. The summed E-state index contributed by atoms with van der Waals surface area (Å²) in [6.45, 7) is -0.277. The second-order valence-corrected chi connectivity index (χ2v) is 3.38. The van der Waals surface area contributed by atoms with E-state index in [1.165, 1.54) is 0 Å². The Bertz CT molecular complexity index is 208. The molecule has 0 aromatic carbocycles. The molecule has 0 aromatic heterocycles. The van der Waals surface area contributed by atoms with Gasteiger partial charge in [0.2, 0.25) is 5.91 Å². The van der Waals surface area contributed by atoms with Crippen LogP contribution in [0.2, 0.25) is 0 Å². The van der Waals surface area contributed by atoms with Gasteiger partial charge in [0.1, 0.15) is 6.61 Å². The van der Waals surface area contributed by atoms with E-state index < -0.39 is 18.6 Å². The van der Waals surface area contributed by atoms with Gasteiger partial charge in [-0.15, -0.1) is 0 Å². The third-order valence-corrected chi connectivity index (χ3v) is 2.02. The van der Waals surface area contributed by atoms with E-state index in [0.29, 0.717) is 12.8 Å². The standard InChI is InChI=1S/C8H14F2N2O2/c9-6(10)5-14-4-3-12-7(13)8(11)1-2-8/h6H,1-5,11H2,(H,12,13). The number of carbonyl (C=O) groups is 1. The van der Waals surface area contributed by atoms with E-state index in [-0.39, 0.29) is 19.1 Å². The molecule has 4 nitrogen and oxygen atoms in total. The molecule has 14 heavy (non-hydrogen) atoms. The van der Waals surface area contributed by atoms with Crippen LogP contribution in [0.5, 0.6) is 0 Å². The van der Waals surface area contributed by atoms with Gasteiger partial charge in [0.15, 0.2) is 0 Å². The van der Waals surface area contributed by atoms with Crippen molar-refractivity contribution in [1.29, 1.82) is 0 Å². The number of ether oxygens (including phenoxy) is 1. The smallest absolute Gasteiger partial charge is 0.261 e. The molecule has 0 radical (unpaired) electrons. The lowest BCUT2D eigenvalue weighted by Gasteiger charge is -2.09. The number of hydrogen-bond donors (Lipinski definition) is 2. The largest absolute Gasteiger partial charge is 0.374 e. The Kier molecular flexibility index (Phi) is 3.77. The Balaban J connectivity index is 1.96. The number of hydrogen-bond acceptors (Lipinski definition) is 3. The van der Waals surface area contributed by atoms with E-state index in [9.17, 15) is 13.6 Å². The first kappa shape index (κ1) is 11.3. The van der Waals surface area contributed by atoms with Crippen LogP contribution in [0.4, 0.5) is 8.78 Å².